The number of rotatable bonds is 3. The van der Waals surface area contributed by atoms with Crippen LogP contribution in [0.3, 0.4) is 0 Å². The van der Waals surface area contributed by atoms with Gasteiger partial charge in [0.15, 0.2) is 0 Å². The van der Waals surface area contributed by atoms with Crippen LogP contribution in [-0.2, 0) is 13.0 Å². The molecule has 0 unspecified atom stereocenters. The second-order valence-electron chi connectivity index (χ2n) is 6.13. The van der Waals surface area contributed by atoms with E-state index in [-0.39, 0.29) is 0 Å². The summed E-state index contributed by atoms with van der Waals surface area (Å²) in [6.07, 6.45) is 10.5. The third kappa shape index (κ3) is 1.81. The van der Waals surface area contributed by atoms with Crippen LogP contribution < -0.4 is 0 Å². The number of nitrogens with zero attached hydrogens (tertiary/aromatic N) is 5. The fraction of sp³-hybridized carbons (Fsp3) is 0.353. The third-order valence-corrected chi connectivity index (χ3v) is 4.55. The van der Waals surface area contributed by atoms with Crippen LogP contribution in [0.2, 0.25) is 0 Å². The number of hydrogen-bond donors (Lipinski definition) is 0. The molecule has 0 N–H and O–H groups in total. The van der Waals surface area contributed by atoms with E-state index in [0.717, 1.165) is 24.4 Å². The van der Waals surface area contributed by atoms with E-state index in [1.165, 1.54) is 36.3 Å². The van der Waals surface area contributed by atoms with Gasteiger partial charge in [-0.15, -0.1) is 0 Å². The van der Waals surface area contributed by atoms with Crippen molar-refractivity contribution in [1.29, 1.82) is 0 Å². The minimum absolute atomic E-state index is 0.604. The van der Waals surface area contributed by atoms with E-state index in [2.05, 4.69) is 38.6 Å². The lowest BCUT2D eigenvalue weighted by Crippen LogP contribution is -1.97. The molecule has 0 spiro atoms. The van der Waals surface area contributed by atoms with E-state index in [9.17, 15) is 0 Å². The molecule has 0 amide bonds. The second kappa shape index (κ2) is 4.53. The number of aromatic nitrogens is 5. The van der Waals surface area contributed by atoms with E-state index < -0.39 is 0 Å². The molecule has 0 atom stereocenters. The normalized spacial score (nSPS) is 16.9. The zero-order valence-electron chi connectivity index (χ0n) is 12.3. The van der Waals surface area contributed by atoms with Crippen molar-refractivity contribution in [3.05, 3.63) is 42.6 Å². The first-order valence-electron chi connectivity index (χ1n) is 7.95. The van der Waals surface area contributed by atoms with Crippen LogP contribution in [0.5, 0.6) is 0 Å². The van der Waals surface area contributed by atoms with Crippen LogP contribution in [0.4, 0.5) is 0 Å². The molecule has 0 radical (unpaired) electrons. The van der Waals surface area contributed by atoms with Crippen molar-refractivity contribution in [2.45, 2.75) is 38.3 Å². The number of fused-ring (bicyclic) bond motifs is 1. The Balaban J connectivity index is 1.68. The van der Waals surface area contributed by atoms with E-state index in [1.807, 2.05) is 12.4 Å². The molecule has 5 rings (SSSR count). The highest BCUT2D eigenvalue weighted by atomic mass is 15.3. The highest BCUT2D eigenvalue weighted by Gasteiger charge is 2.27. The Labute approximate surface area is 128 Å². The number of hydrogen-bond acceptors (Lipinski definition) is 3. The smallest absolute Gasteiger partial charge is 0.117 e. The van der Waals surface area contributed by atoms with Gasteiger partial charge in [0.05, 0.1) is 11.7 Å². The molecule has 1 fully saturated rings. The maximum atomic E-state index is 4.90. The van der Waals surface area contributed by atoms with Crippen molar-refractivity contribution < 1.29 is 0 Å². The van der Waals surface area contributed by atoms with Crippen LogP contribution in [0.1, 0.15) is 31.1 Å². The van der Waals surface area contributed by atoms with Crippen molar-refractivity contribution >= 4 is 0 Å². The van der Waals surface area contributed by atoms with Gasteiger partial charge in [0.1, 0.15) is 17.2 Å². The van der Waals surface area contributed by atoms with Crippen molar-refractivity contribution in [2.75, 3.05) is 0 Å². The molecule has 2 aliphatic rings. The van der Waals surface area contributed by atoms with Crippen LogP contribution in [0.25, 0.3) is 22.6 Å². The summed E-state index contributed by atoms with van der Waals surface area (Å²) < 4.78 is 4.44. The van der Waals surface area contributed by atoms with Gasteiger partial charge >= 0.3 is 0 Å². The first-order chi connectivity index (χ1) is 10.9. The lowest BCUT2D eigenvalue weighted by molar-refractivity contribution is 0.643. The molecule has 3 aromatic heterocycles. The molecule has 3 aromatic rings. The molecule has 110 valence electrons. The fourth-order valence-electron chi connectivity index (χ4n) is 3.31. The summed E-state index contributed by atoms with van der Waals surface area (Å²) in [5.74, 6) is 1.18. The van der Waals surface area contributed by atoms with Gasteiger partial charge in [0, 0.05) is 37.1 Å². The molecular formula is C17H17N5. The number of pyridine rings is 1. The maximum Gasteiger partial charge on any atom is 0.117 e. The van der Waals surface area contributed by atoms with E-state index >= 15 is 0 Å². The number of aryl methyl sites for hydroxylation is 1. The summed E-state index contributed by atoms with van der Waals surface area (Å²) in [5, 5.41) is 4.77. The summed E-state index contributed by atoms with van der Waals surface area (Å²) in [7, 11) is 0. The molecule has 5 heteroatoms. The van der Waals surface area contributed by atoms with Crippen molar-refractivity contribution in [3.63, 3.8) is 0 Å². The van der Waals surface area contributed by atoms with Crippen molar-refractivity contribution in [3.8, 4) is 22.6 Å². The quantitative estimate of drug-likeness (QED) is 0.745. The minimum atomic E-state index is 0.604. The first kappa shape index (κ1) is 12.1. The largest absolute Gasteiger partial charge is 0.327 e. The molecule has 4 heterocycles. The van der Waals surface area contributed by atoms with Gasteiger partial charge in [-0.05, 0) is 37.5 Å². The van der Waals surface area contributed by atoms with Gasteiger partial charge in [-0.1, -0.05) is 0 Å². The molecular weight excluding hydrogens is 274 g/mol. The summed E-state index contributed by atoms with van der Waals surface area (Å²) in [6.45, 7) is 1.04. The van der Waals surface area contributed by atoms with Crippen LogP contribution in [0, 0.1) is 0 Å². The van der Waals surface area contributed by atoms with Gasteiger partial charge in [-0.3, -0.25) is 9.67 Å². The summed E-state index contributed by atoms with van der Waals surface area (Å²) >= 11 is 0. The molecule has 5 nitrogen and oxygen atoms in total. The van der Waals surface area contributed by atoms with E-state index in [1.54, 1.807) is 0 Å². The van der Waals surface area contributed by atoms with Crippen LogP contribution in [0.15, 0.2) is 36.8 Å². The predicted molar refractivity (Wildman–Crippen MR) is 83.3 cm³/mol. The first-order valence-corrected chi connectivity index (χ1v) is 7.95. The summed E-state index contributed by atoms with van der Waals surface area (Å²) in [4.78, 5) is 9.03. The monoisotopic (exact) mass is 291 g/mol. The molecule has 0 bridgehead atoms. The van der Waals surface area contributed by atoms with Gasteiger partial charge in [-0.2, -0.15) is 5.10 Å². The predicted octanol–water partition coefficient (Wildman–Crippen LogP) is 3.09. The molecule has 1 saturated carbocycles. The van der Waals surface area contributed by atoms with Crippen LogP contribution >= 0.6 is 0 Å². The average Bonchev–Trinajstić information content (AvgIpc) is 2.98. The highest BCUT2D eigenvalue weighted by Crippen LogP contribution is 2.37. The lowest BCUT2D eigenvalue weighted by Gasteiger charge is -2.07. The Morgan fingerprint density at radius 3 is 2.77 bits per heavy atom. The molecule has 1 aliphatic carbocycles. The Kier molecular flexibility index (Phi) is 2.50. The molecule has 0 aromatic carbocycles. The Morgan fingerprint density at radius 1 is 1.09 bits per heavy atom. The van der Waals surface area contributed by atoms with Gasteiger partial charge in [0.2, 0.25) is 0 Å². The SMILES string of the molecule is c1cc(-c2c(-c3ccn(C4CC4)n3)nc3n2CCC3)ccn1. The zero-order chi connectivity index (χ0) is 14.5. The molecule has 1 aliphatic heterocycles. The van der Waals surface area contributed by atoms with Gasteiger partial charge < -0.3 is 4.57 Å². The standard InChI is InChI=1S/C17H17N5/c1-2-15-19-16(14-7-11-22(20-14)13-3-4-13)17(21(15)10-1)12-5-8-18-9-6-12/h5-9,11,13H,1-4,10H2. The van der Waals surface area contributed by atoms with Gasteiger partial charge in [-0.25, -0.2) is 4.98 Å². The Hall–Kier alpha value is -2.43. The number of imidazole rings is 1. The van der Waals surface area contributed by atoms with Crippen molar-refractivity contribution in [2.24, 2.45) is 0 Å². The second-order valence-corrected chi connectivity index (χ2v) is 6.13. The Morgan fingerprint density at radius 2 is 1.95 bits per heavy atom. The average molecular weight is 291 g/mol. The zero-order valence-corrected chi connectivity index (χ0v) is 12.3. The van der Waals surface area contributed by atoms with Crippen LogP contribution in [-0.4, -0.2) is 24.3 Å². The van der Waals surface area contributed by atoms with E-state index in [4.69, 9.17) is 10.1 Å². The minimum Gasteiger partial charge on any atom is -0.327 e. The Bertz CT molecular complexity index is 826. The van der Waals surface area contributed by atoms with E-state index in [0.29, 0.717) is 6.04 Å². The molecule has 0 saturated heterocycles. The third-order valence-electron chi connectivity index (χ3n) is 4.55. The van der Waals surface area contributed by atoms with Crippen molar-refractivity contribution in [1.82, 2.24) is 24.3 Å². The maximum absolute atomic E-state index is 4.90. The summed E-state index contributed by atoms with van der Waals surface area (Å²) in [5.41, 5.74) is 4.36. The summed E-state index contributed by atoms with van der Waals surface area (Å²) in [6, 6.07) is 6.82. The highest BCUT2D eigenvalue weighted by molar-refractivity contribution is 5.77. The fourth-order valence-corrected chi connectivity index (χ4v) is 3.31. The lowest BCUT2D eigenvalue weighted by atomic mass is 10.1. The molecule has 22 heavy (non-hydrogen) atoms. The van der Waals surface area contributed by atoms with Gasteiger partial charge in [0.25, 0.3) is 0 Å². The topological polar surface area (TPSA) is 48.5 Å².